The Labute approximate surface area is 89.4 Å². The van der Waals surface area contributed by atoms with E-state index in [4.69, 9.17) is 4.55 Å². The lowest BCUT2D eigenvalue weighted by molar-refractivity contribution is 0.478. The van der Waals surface area contributed by atoms with E-state index in [-0.39, 0.29) is 0 Å². The van der Waals surface area contributed by atoms with Crippen molar-refractivity contribution in [1.82, 2.24) is 0 Å². The molecular formula is C9H16O3S2. The van der Waals surface area contributed by atoms with Crippen LogP contribution in [0.4, 0.5) is 0 Å². The molecule has 4 atom stereocenters. The third-order valence-electron chi connectivity index (χ3n) is 3.46. The Kier molecular flexibility index (Phi) is 2.83. The fraction of sp³-hybridized carbons (Fsp3) is 1.00. The van der Waals surface area contributed by atoms with Crippen molar-refractivity contribution in [3.05, 3.63) is 0 Å². The molecule has 5 heteroatoms. The van der Waals surface area contributed by atoms with E-state index < -0.39 is 14.7 Å². The molecule has 2 aliphatic carbocycles. The lowest BCUT2D eigenvalue weighted by atomic mass is 10.0. The molecule has 3 nitrogen and oxygen atoms in total. The van der Waals surface area contributed by atoms with Gasteiger partial charge in [-0.2, -0.15) is 8.42 Å². The predicted molar refractivity (Wildman–Crippen MR) is 57.8 cm³/mol. The van der Waals surface area contributed by atoms with Gasteiger partial charge in [-0.05, 0) is 38.0 Å². The molecule has 2 fully saturated rings. The third kappa shape index (κ3) is 2.09. The molecule has 0 heterocycles. The van der Waals surface area contributed by atoms with Crippen LogP contribution in [0.15, 0.2) is 0 Å². The van der Waals surface area contributed by atoms with Gasteiger partial charge in [0, 0.05) is 5.25 Å². The van der Waals surface area contributed by atoms with Crippen LogP contribution in [0, 0.1) is 11.8 Å². The zero-order valence-corrected chi connectivity index (χ0v) is 9.85. The molecule has 82 valence electrons. The molecule has 2 rings (SSSR count). The van der Waals surface area contributed by atoms with Crippen molar-refractivity contribution in [2.45, 2.75) is 42.4 Å². The molecular weight excluding hydrogens is 220 g/mol. The van der Waals surface area contributed by atoms with Gasteiger partial charge < -0.3 is 0 Å². The topological polar surface area (TPSA) is 54.4 Å². The smallest absolute Gasteiger partial charge is 0.276 e. The Morgan fingerprint density at radius 3 is 2.50 bits per heavy atom. The summed E-state index contributed by atoms with van der Waals surface area (Å²) in [5.41, 5.74) is 0. The SMILES string of the molecule is CC(SC1CC2CCC1C2)S(=O)(=O)O. The van der Waals surface area contributed by atoms with E-state index in [1.54, 1.807) is 6.92 Å². The summed E-state index contributed by atoms with van der Waals surface area (Å²) in [7, 11) is -3.84. The number of fused-ring (bicyclic) bond motifs is 2. The Morgan fingerprint density at radius 1 is 1.36 bits per heavy atom. The Balaban J connectivity index is 1.93. The maximum Gasteiger partial charge on any atom is 0.276 e. The highest BCUT2D eigenvalue weighted by Crippen LogP contribution is 2.50. The molecule has 2 saturated carbocycles. The van der Waals surface area contributed by atoms with Crippen LogP contribution in [0.1, 0.15) is 32.6 Å². The van der Waals surface area contributed by atoms with Gasteiger partial charge in [-0.3, -0.25) is 4.55 Å². The van der Waals surface area contributed by atoms with Crippen LogP contribution in [0.2, 0.25) is 0 Å². The fourth-order valence-electron chi connectivity index (χ4n) is 2.67. The number of hydrogen-bond acceptors (Lipinski definition) is 3. The van der Waals surface area contributed by atoms with Crippen LogP contribution >= 0.6 is 11.8 Å². The second-order valence-corrected chi connectivity index (χ2v) is 8.05. The highest BCUT2D eigenvalue weighted by molar-refractivity contribution is 8.12. The second kappa shape index (κ2) is 3.68. The molecule has 4 unspecified atom stereocenters. The maximum absolute atomic E-state index is 10.9. The second-order valence-electron chi connectivity index (χ2n) is 4.43. The molecule has 0 aromatic carbocycles. The van der Waals surface area contributed by atoms with Gasteiger partial charge in [0.1, 0.15) is 4.58 Å². The quantitative estimate of drug-likeness (QED) is 0.763. The number of rotatable bonds is 3. The van der Waals surface area contributed by atoms with Crippen LogP contribution in [0.25, 0.3) is 0 Å². The molecule has 0 spiro atoms. The summed E-state index contributed by atoms with van der Waals surface area (Å²) in [5.74, 6) is 1.53. The molecule has 0 radical (unpaired) electrons. The molecule has 0 amide bonds. The lowest BCUT2D eigenvalue weighted by Crippen LogP contribution is -2.21. The molecule has 0 aromatic heterocycles. The number of thioether (sulfide) groups is 1. The van der Waals surface area contributed by atoms with Gasteiger partial charge in [-0.25, -0.2) is 0 Å². The Morgan fingerprint density at radius 2 is 2.07 bits per heavy atom. The average molecular weight is 236 g/mol. The van der Waals surface area contributed by atoms with Crippen LogP contribution in [-0.2, 0) is 10.1 Å². The highest BCUT2D eigenvalue weighted by Gasteiger charge is 2.41. The minimum atomic E-state index is -3.84. The zero-order chi connectivity index (χ0) is 10.3. The monoisotopic (exact) mass is 236 g/mol. The fourth-order valence-corrected chi connectivity index (χ4v) is 5.00. The van der Waals surface area contributed by atoms with Crippen molar-refractivity contribution in [2.24, 2.45) is 11.8 Å². The van der Waals surface area contributed by atoms with Gasteiger partial charge in [0.15, 0.2) is 0 Å². The van der Waals surface area contributed by atoms with E-state index in [0.29, 0.717) is 11.2 Å². The lowest BCUT2D eigenvalue weighted by Gasteiger charge is -2.22. The third-order valence-corrected chi connectivity index (χ3v) is 6.67. The van der Waals surface area contributed by atoms with E-state index in [2.05, 4.69) is 0 Å². The molecule has 2 bridgehead atoms. The van der Waals surface area contributed by atoms with Gasteiger partial charge in [0.05, 0.1) is 0 Å². The van der Waals surface area contributed by atoms with Crippen LogP contribution in [0.5, 0.6) is 0 Å². The number of hydrogen-bond donors (Lipinski definition) is 1. The van der Waals surface area contributed by atoms with Gasteiger partial charge >= 0.3 is 0 Å². The average Bonchev–Trinajstić information content (AvgIpc) is 2.62. The van der Waals surface area contributed by atoms with E-state index in [9.17, 15) is 8.42 Å². The van der Waals surface area contributed by atoms with Gasteiger partial charge in [0.25, 0.3) is 10.1 Å². The predicted octanol–water partition coefficient (Wildman–Crippen LogP) is 2.14. The minimum Gasteiger partial charge on any atom is -0.285 e. The molecule has 0 aromatic rings. The van der Waals surface area contributed by atoms with Crippen molar-refractivity contribution in [1.29, 1.82) is 0 Å². The minimum absolute atomic E-state index is 0.464. The maximum atomic E-state index is 10.9. The first kappa shape index (κ1) is 10.8. The van der Waals surface area contributed by atoms with E-state index >= 15 is 0 Å². The Hall–Kier alpha value is 0.260. The van der Waals surface area contributed by atoms with E-state index in [1.807, 2.05) is 0 Å². The van der Waals surface area contributed by atoms with Gasteiger partial charge in [-0.1, -0.05) is 6.42 Å². The summed E-state index contributed by atoms with van der Waals surface area (Å²) in [4.78, 5) is 0. The first-order valence-corrected chi connectivity index (χ1v) is 7.53. The van der Waals surface area contributed by atoms with E-state index in [0.717, 1.165) is 12.3 Å². The highest BCUT2D eigenvalue weighted by atomic mass is 32.3. The molecule has 2 aliphatic rings. The summed E-state index contributed by atoms with van der Waals surface area (Å²) >= 11 is 1.44. The summed E-state index contributed by atoms with van der Waals surface area (Å²) < 4.78 is 29.9. The molecule has 1 N–H and O–H groups in total. The Bertz CT molecular complexity index is 312. The summed E-state index contributed by atoms with van der Waals surface area (Å²) in [5, 5.41) is 0.464. The molecule has 14 heavy (non-hydrogen) atoms. The van der Waals surface area contributed by atoms with Crippen LogP contribution in [0.3, 0.4) is 0 Å². The van der Waals surface area contributed by atoms with Crippen molar-refractivity contribution in [3.8, 4) is 0 Å². The first-order valence-electron chi connectivity index (χ1n) is 5.08. The largest absolute Gasteiger partial charge is 0.285 e. The van der Waals surface area contributed by atoms with Crippen LogP contribution in [-0.4, -0.2) is 22.8 Å². The molecule has 0 saturated heterocycles. The summed E-state index contributed by atoms with van der Waals surface area (Å²) in [6, 6.07) is 0. The molecule has 0 aliphatic heterocycles. The zero-order valence-electron chi connectivity index (χ0n) is 8.22. The van der Waals surface area contributed by atoms with Crippen molar-refractivity contribution >= 4 is 21.9 Å². The van der Waals surface area contributed by atoms with Crippen molar-refractivity contribution < 1.29 is 13.0 Å². The summed E-state index contributed by atoms with van der Waals surface area (Å²) in [6.45, 7) is 1.58. The standard InChI is InChI=1S/C9H16O3S2/c1-6(14(10,11)12)13-9-5-7-2-3-8(9)4-7/h6-9H,2-5H2,1H3,(H,10,11,12). The first-order chi connectivity index (χ1) is 6.47. The summed E-state index contributed by atoms with van der Waals surface area (Å²) in [6.07, 6.45) is 4.99. The normalized spacial score (nSPS) is 38.9. The van der Waals surface area contributed by atoms with E-state index in [1.165, 1.54) is 31.0 Å². The van der Waals surface area contributed by atoms with Crippen molar-refractivity contribution in [3.63, 3.8) is 0 Å². The van der Waals surface area contributed by atoms with Gasteiger partial charge in [0.2, 0.25) is 0 Å². The van der Waals surface area contributed by atoms with Gasteiger partial charge in [-0.15, -0.1) is 11.8 Å². The van der Waals surface area contributed by atoms with Crippen molar-refractivity contribution in [2.75, 3.05) is 0 Å². The van der Waals surface area contributed by atoms with Crippen LogP contribution < -0.4 is 0 Å².